The zero-order chi connectivity index (χ0) is 23.8. The molecule has 0 aromatic heterocycles. The molecule has 1 aliphatic heterocycles. The molecule has 2 amide bonds. The Balaban J connectivity index is 1.52. The molecule has 2 atom stereocenters. The van der Waals surface area contributed by atoms with Crippen molar-refractivity contribution in [3.8, 4) is 5.75 Å². The first-order chi connectivity index (χ1) is 16.7. The van der Waals surface area contributed by atoms with Crippen molar-refractivity contribution in [3.05, 3.63) is 102 Å². The van der Waals surface area contributed by atoms with Crippen LogP contribution in [-0.4, -0.2) is 43.5 Å². The van der Waals surface area contributed by atoms with Crippen LogP contribution in [0.5, 0.6) is 5.75 Å². The molecule has 6 heteroatoms. The maximum absolute atomic E-state index is 13.4. The highest BCUT2D eigenvalue weighted by atomic mass is 16.5. The molecule has 1 fully saturated rings. The molecule has 0 spiro atoms. The lowest BCUT2D eigenvalue weighted by Crippen LogP contribution is -2.43. The number of ether oxygens (including phenoxy) is 1. The smallest absolute Gasteiger partial charge is 0.252 e. The van der Waals surface area contributed by atoms with Gasteiger partial charge in [-0.1, -0.05) is 60.7 Å². The summed E-state index contributed by atoms with van der Waals surface area (Å²) in [6.45, 7) is 2.42. The predicted octanol–water partition coefficient (Wildman–Crippen LogP) is 4.12. The molecule has 2 unspecified atom stereocenters. The average Bonchev–Trinajstić information content (AvgIpc) is 3.43. The quantitative estimate of drug-likeness (QED) is 0.507. The Morgan fingerprint density at radius 1 is 0.882 bits per heavy atom. The van der Waals surface area contributed by atoms with Gasteiger partial charge in [-0.25, -0.2) is 0 Å². The van der Waals surface area contributed by atoms with E-state index in [1.807, 2.05) is 54.6 Å². The molecule has 176 valence electrons. The summed E-state index contributed by atoms with van der Waals surface area (Å²) >= 11 is 0. The van der Waals surface area contributed by atoms with Crippen LogP contribution in [0.25, 0.3) is 0 Å². The first kappa shape index (κ1) is 23.5. The van der Waals surface area contributed by atoms with Crippen molar-refractivity contribution in [2.45, 2.75) is 24.9 Å². The van der Waals surface area contributed by atoms with Gasteiger partial charge in [-0.05, 0) is 61.3 Å². The Kier molecular flexibility index (Phi) is 7.94. The van der Waals surface area contributed by atoms with E-state index in [0.29, 0.717) is 12.1 Å². The molecular weight excluding hydrogens is 426 g/mol. The monoisotopic (exact) mass is 457 g/mol. The van der Waals surface area contributed by atoms with Crippen LogP contribution in [0, 0.1) is 0 Å². The number of hydrogen-bond donors (Lipinski definition) is 2. The van der Waals surface area contributed by atoms with Crippen molar-refractivity contribution in [2.75, 3.05) is 26.7 Å². The van der Waals surface area contributed by atoms with Crippen LogP contribution in [0.15, 0.2) is 84.9 Å². The fraction of sp³-hybridized carbons (Fsp3) is 0.286. The Labute approximate surface area is 200 Å². The zero-order valence-corrected chi connectivity index (χ0v) is 19.4. The summed E-state index contributed by atoms with van der Waals surface area (Å²) in [6.07, 6.45) is 2.29. The second-order valence-corrected chi connectivity index (χ2v) is 8.46. The van der Waals surface area contributed by atoms with E-state index in [1.165, 1.54) is 0 Å². The molecule has 3 aromatic rings. The largest absolute Gasteiger partial charge is 0.497 e. The predicted molar refractivity (Wildman–Crippen MR) is 133 cm³/mol. The summed E-state index contributed by atoms with van der Waals surface area (Å²) in [5, 5.41) is 6.03. The molecule has 0 bridgehead atoms. The molecule has 0 aliphatic carbocycles. The molecule has 0 radical (unpaired) electrons. The van der Waals surface area contributed by atoms with E-state index in [-0.39, 0.29) is 17.9 Å². The topological polar surface area (TPSA) is 70.7 Å². The Morgan fingerprint density at radius 2 is 1.53 bits per heavy atom. The fourth-order valence-electron chi connectivity index (χ4n) is 4.41. The molecule has 2 N–H and O–H groups in total. The molecule has 3 aromatic carbocycles. The van der Waals surface area contributed by atoms with Crippen molar-refractivity contribution < 1.29 is 14.3 Å². The minimum absolute atomic E-state index is 0.0304. The van der Waals surface area contributed by atoms with Crippen LogP contribution < -0.4 is 15.4 Å². The van der Waals surface area contributed by atoms with Crippen LogP contribution in [0.4, 0.5) is 0 Å². The maximum Gasteiger partial charge on any atom is 0.252 e. The first-order valence-electron chi connectivity index (χ1n) is 11.7. The minimum atomic E-state index is -0.793. The molecular formula is C28H31N3O3. The average molecular weight is 458 g/mol. The Bertz CT molecular complexity index is 1080. The van der Waals surface area contributed by atoms with Crippen molar-refractivity contribution >= 4 is 11.8 Å². The van der Waals surface area contributed by atoms with Crippen LogP contribution in [-0.2, 0) is 4.79 Å². The summed E-state index contributed by atoms with van der Waals surface area (Å²) in [7, 11) is 1.66. The van der Waals surface area contributed by atoms with Gasteiger partial charge in [0.1, 0.15) is 11.8 Å². The summed E-state index contributed by atoms with van der Waals surface area (Å²) in [6, 6.07) is 25.5. The van der Waals surface area contributed by atoms with Gasteiger partial charge in [0, 0.05) is 12.1 Å². The molecule has 1 heterocycles. The summed E-state index contributed by atoms with van der Waals surface area (Å²) in [5.74, 6) is 0.279. The number of nitrogens with one attached hydrogen (secondary N) is 2. The number of rotatable bonds is 9. The van der Waals surface area contributed by atoms with E-state index in [1.54, 1.807) is 31.4 Å². The van der Waals surface area contributed by atoms with Gasteiger partial charge >= 0.3 is 0 Å². The Hall–Kier alpha value is -3.64. The number of benzene rings is 3. The molecule has 4 rings (SSSR count). The molecule has 0 saturated carbocycles. The van der Waals surface area contributed by atoms with E-state index in [4.69, 9.17) is 4.74 Å². The normalized spacial score (nSPS) is 15.3. The van der Waals surface area contributed by atoms with E-state index >= 15 is 0 Å². The lowest BCUT2D eigenvalue weighted by molar-refractivity contribution is -0.123. The van der Waals surface area contributed by atoms with Crippen molar-refractivity contribution in [1.29, 1.82) is 0 Å². The van der Waals surface area contributed by atoms with Gasteiger partial charge < -0.3 is 15.4 Å². The second-order valence-electron chi connectivity index (χ2n) is 8.46. The van der Waals surface area contributed by atoms with Gasteiger partial charge in [0.25, 0.3) is 5.91 Å². The standard InChI is InChI=1S/C28H31N3O3/c1-34-24-16-10-15-23(19-24)25(31-17-8-9-18-31)20-29-28(33)26(21-11-4-2-5-12-21)30-27(32)22-13-6-3-7-14-22/h2-7,10-16,19,25-26H,8-9,17-18,20H2,1H3,(H,29,33)(H,30,32). The van der Waals surface area contributed by atoms with Crippen LogP contribution in [0.3, 0.4) is 0 Å². The fourth-order valence-corrected chi connectivity index (χ4v) is 4.41. The van der Waals surface area contributed by atoms with Gasteiger partial charge in [0.05, 0.1) is 13.2 Å². The number of hydrogen-bond acceptors (Lipinski definition) is 4. The highest BCUT2D eigenvalue weighted by Crippen LogP contribution is 2.27. The number of carbonyl (C=O) groups excluding carboxylic acids is 2. The van der Waals surface area contributed by atoms with Gasteiger partial charge in [-0.2, -0.15) is 0 Å². The summed E-state index contributed by atoms with van der Waals surface area (Å²) in [4.78, 5) is 28.7. The maximum atomic E-state index is 13.4. The van der Waals surface area contributed by atoms with Gasteiger partial charge in [-0.15, -0.1) is 0 Å². The van der Waals surface area contributed by atoms with E-state index < -0.39 is 6.04 Å². The number of amides is 2. The van der Waals surface area contributed by atoms with Crippen LogP contribution in [0.2, 0.25) is 0 Å². The zero-order valence-electron chi connectivity index (χ0n) is 19.4. The lowest BCUT2D eigenvalue weighted by Gasteiger charge is -2.29. The third kappa shape index (κ3) is 5.83. The van der Waals surface area contributed by atoms with Gasteiger partial charge in [0.2, 0.25) is 5.91 Å². The number of likely N-dealkylation sites (tertiary alicyclic amines) is 1. The van der Waals surface area contributed by atoms with E-state index in [0.717, 1.165) is 42.8 Å². The first-order valence-corrected chi connectivity index (χ1v) is 11.7. The molecule has 6 nitrogen and oxygen atoms in total. The molecule has 34 heavy (non-hydrogen) atoms. The van der Waals surface area contributed by atoms with Crippen molar-refractivity contribution in [1.82, 2.24) is 15.5 Å². The third-order valence-corrected chi connectivity index (χ3v) is 6.24. The van der Waals surface area contributed by atoms with E-state index in [2.05, 4.69) is 21.6 Å². The minimum Gasteiger partial charge on any atom is -0.497 e. The third-order valence-electron chi connectivity index (χ3n) is 6.24. The Morgan fingerprint density at radius 3 is 2.21 bits per heavy atom. The van der Waals surface area contributed by atoms with Gasteiger partial charge in [-0.3, -0.25) is 14.5 Å². The summed E-state index contributed by atoms with van der Waals surface area (Å²) in [5.41, 5.74) is 2.36. The van der Waals surface area contributed by atoms with Gasteiger partial charge in [0.15, 0.2) is 0 Å². The van der Waals surface area contributed by atoms with Crippen LogP contribution >= 0.6 is 0 Å². The van der Waals surface area contributed by atoms with Crippen molar-refractivity contribution in [2.24, 2.45) is 0 Å². The highest BCUT2D eigenvalue weighted by molar-refractivity contribution is 5.97. The lowest BCUT2D eigenvalue weighted by atomic mass is 10.0. The number of nitrogens with zero attached hydrogens (tertiary/aromatic N) is 1. The SMILES string of the molecule is COc1cccc(C(CNC(=O)C(NC(=O)c2ccccc2)c2ccccc2)N2CCCC2)c1. The van der Waals surface area contributed by atoms with E-state index in [9.17, 15) is 9.59 Å². The molecule has 1 saturated heterocycles. The highest BCUT2D eigenvalue weighted by Gasteiger charge is 2.27. The molecule has 1 aliphatic rings. The number of carbonyl (C=O) groups is 2. The van der Waals surface area contributed by atoms with Crippen LogP contribution in [0.1, 0.15) is 46.4 Å². The van der Waals surface area contributed by atoms with Crippen molar-refractivity contribution in [3.63, 3.8) is 0 Å². The second kappa shape index (κ2) is 11.5. The number of methoxy groups -OCH3 is 1. The summed E-state index contributed by atoms with van der Waals surface area (Å²) < 4.78 is 5.42.